The smallest absolute Gasteiger partial charge is 0.218 e. The fourth-order valence-electron chi connectivity index (χ4n) is 3.07. The van der Waals surface area contributed by atoms with Crippen molar-refractivity contribution in [1.29, 1.82) is 0 Å². The van der Waals surface area contributed by atoms with Gasteiger partial charge in [-0.25, -0.2) is 9.97 Å². The Labute approximate surface area is 151 Å². The summed E-state index contributed by atoms with van der Waals surface area (Å²) in [6.45, 7) is 4.27. The molecule has 7 heteroatoms. The van der Waals surface area contributed by atoms with E-state index in [0.29, 0.717) is 5.82 Å². The van der Waals surface area contributed by atoms with E-state index < -0.39 is 5.95 Å². The predicted molar refractivity (Wildman–Crippen MR) is 96.9 cm³/mol. The first kappa shape index (κ1) is 16.5. The Kier molecular flexibility index (Phi) is 4.79. The first-order chi connectivity index (χ1) is 12.8. The summed E-state index contributed by atoms with van der Waals surface area (Å²) in [4.78, 5) is 21.0. The van der Waals surface area contributed by atoms with Crippen molar-refractivity contribution in [3.05, 3.63) is 66.6 Å². The SMILES string of the molecule is Fc1cc(N2CCN(Cc3ccc(-c4ccccn4)nc3)CC2)ncn1. The largest absolute Gasteiger partial charge is 0.354 e. The molecule has 132 valence electrons. The van der Waals surface area contributed by atoms with Crippen molar-refractivity contribution in [3.63, 3.8) is 0 Å². The topological polar surface area (TPSA) is 58.0 Å². The van der Waals surface area contributed by atoms with E-state index in [2.05, 4.69) is 35.8 Å². The minimum Gasteiger partial charge on any atom is -0.354 e. The molecule has 0 bridgehead atoms. The van der Waals surface area contributed by atoms with Crippen LogP contribution in [0, 0.1) is 5.95 Å². The molecular formula is C19H19FN6. The van der Waals surface area contributed by atoms with E-state index in [1.165, 1.54) is 18.0 Å². The van der Waals surface area contributed by atoms with Crippen molar-refractivity contribution < 1.29 is 4.39 Å². The van der Waals surface area contributed by atoms with E-state index in [9.17, 15) is 4.39 Å². The van der Waals surface area contributed by atoms with Crippen LogP contribution in [-0.2, 0) is 6.54 Å². The highest BCUT2D eigenvalue weighted by Gasteiger charge is 2.18. The van der Waals surface area contributed by atoms with E-state index in [1.54, 1.807) is 6.20 Å². The van der Waals surface area contributed by atoms with Gasteiger partial charge in [0.1, 0.15) is 12.1 Å². The van der Waals surface area contributed by atoms with E-state index in [-0.39, 0.29) is 0 Å². The minimum absolute atomic E-state index is 0.489. The first-order valence-corrected chi connectivity index (χ1v) is 8.59. The number of aromatic nitrogens is 4. The summed E-state index contributed by atoms with van der Waals surface area (Å²) in [5.41, 5.74) is 2.93. The molecule has 3 aromatic rings. The van der Waals surface area contributed by atoms with Gasteiger partial charge in [-0.15, -0.1) is 0 Å². The van der Waals surface area contributed by atoms with E-state index in [4.69, 9.17) is 0 Å². The molecule has 0 radical (unpaired) electrons. The third-order valence-electron chi connectivity index (χ3n) is 4.47. The molecule has 4 heterocycles. The Hall–Kier alpha value is -2.93. The molecule has 3 aromatic heterocycles. The normalized spacial score (nSPS) is 15.2. The van der Waals surface area contributed by atoms with E-state index in [1.807, 2.05) is 30.5 Å². The van der Waals surface area contributed by atoms with Gasteiger partial charge in [0.25, 0.3) is 0 Å². The molecule has 0 spiro atoms. The quantitative estimate of drug-likeness (QED) is 0.674. The van der Waals surface area contributed by atoms with Crippen molar-refractivity contribution in [2.24, 2.45) is 0 Å². The van der Waals surface area contributed by atoms with Crippen molar-refractivity contribution in [3.8, 4) is 11.4 Å². The van der Waals surface area contributed by atoms with Gasteiger partial charge in [-0.2, -0.15) is 4.39 Å². The summed E-state index contributed by atoms with van der Waals surface area (Å²) < 4.78 is 13.2. The van der Waals surface area contributed by atoms with E-state index >= 15 is 0 Å². The summed E-state index contributed by atoms with van der Waals surface area (Å²) in [5.74, 6) is 0.162. The highest BCUT2D eigenvalue weighted by atomic mass is 19.1. The molecule has 26 heavy (non-hydrogen) atoms. The Balaban J connectivity index is 1.34. The minimum atomic E-state index is -0.489. The van der Waals surface area contributed by atoms with Gasteiger partial charge in [0.15, 0.2) is 0 Å². The van der Waals surface area contributed by atoms with Crippen molar-refractivity contribution in [2.45, 2.75) is 6.54 Å². The molecule has 0 atom stereocenters. The zero-order valence-corrected chi connectivity index (χ0v) is 14.3. The molecule has 1 aliphatic heterocycles. The summed E-state index contributed by atoms with van der Waals surface area (Å²) in [5, 5.41) is 0. The molecule has 0 saturated carbocycles. The lowest BCUT2D eigenvalue weighted by Crippen LogP contribution is -2.46. The lowest BCUT2D eigenvalue weighted by molar-refractivity contribution is 0.249. The maximum Gasteiger partial charge on any atom is 0.218 e. The number of piperazine rings is 1. The fourth-order valence-corrected chi connectivity index (χ4v) is 3.07. The third-order valence-corrected chi connectivity index (χ3v) is 4.47. The highest BCUT2D eigenvalue weighted by molar-refractivity contribution is 5.53. The molecule has 1 fully saturated rings. The standard InChI is InChI=1S/C19H19FN6/c20-18-11-19(24-14-23-18)26-9-7-25(8-10-26)13-15-4-5-17(22-12-15)16-3-1-2-6-21-16/h1-6,11-12,14H,7-10,13H2. The molecule has 0 aromatic carbocycles. The van der Waals surface area contributed by atoms with Crippen LogP contribution >= 0.6 is 0 Å². The maximum atomic E-state index is 13.2. The lowest BCUT2D eigenvalue weighted by Gasteiger charge is -2.35. The van der Waals surface area contributed by atoms with Crippen LogP contribution in [0.5, 0.6) is 0 Å². The average molecular weight is 350 g/mol. The van der Waals surface area contributed by atoms with Gasteiger partial charge in [0, 0.05) is 51.2 Å². The number of hydrogen-bond donors (Lipinski definition) is 0. The second-order valence-electron chi connectivity index (χ2n) is 6.23. The number of anilines is 1. The number of pyridine rings is 2. The molecule has 6 nitrogen and oxygen atoms in total. The Morgan fingerprint density at radius 3 is 2.42 bits per heavy atom. The van der Waals surface area contributed by atoms with Gasteiger partial charge in [-0.3, -0.25) is 14.9 Å². The second kappa shape index (κ2) is 7.53. The van der Waals surface area contributed by atoms with Crippen LogP contribution in [0.3, 0.4) is 0 Å². The highest BCUT2D eigenvalue weighted by Crippen LogP contribution is 2.17. The van der Waals surface area contributed by atoms with Crippen molar-refractivity contribution in [1.82, 2.24) is 24.8 Å². The number of rotatable bonds is 4. The van der Waals surface area contributed by atoms with Crippen LogP contribution in [0.2, 0.25) is 0 Å². The van der Waals surface area contributed by atoms with Crippen LogP contribution in [-0.4, -0.2) is 51.0 Å². The molecule has 0 unspecified atom stereocenters. The summed E-state index contributed by atoms with van der Waals surface area (Å²) in [6, 6.07) is 11.3. The van der Waals surface area contributed by atoms with Crippen LogP contribution in [0.15, 0.2) is 55.1 Å². The fraction of sp³-hybridized carbons (Fsp3) is 0.263. The van der Waals surface area contributed by atoms with E-state index in [0.717, 1.165) is 44.1 Å². The number of halogens is 1. The van der Waals surface area contributed by atoms with Crippen LogP contribution < -0.4 is 4.90 Å². The van der Waals surface area contributed by atoms with Crippen LogP contribution in [0.4, 0.5) is 10.2 Å². The third kappa shape index (κ3) is 3.83. The zero-order chi connectivity index (χ0) is 17.8. The Morgan fingerprint density at radius 2 is 1.73 bits per heavy atom. The molecule has 0 amide bonds. The van der Waals surface area contributed by atoms with Gasteiger partial charge in [-0.05, 0) is 23.8 Å². The molecule has 0 N–H and O–H groups in total. The maximum absolute atomic E-state index is 13.2. The van der Waals surface area contributed by atoms with Gasteiger partial charge in [-0.1, -0.05) is 12.1 Å². The van der Waals surface area contributed by atoms with Gasteiger partial charge in [0.05, 0.1) is 11.4 Å². The number of nitrogens with zero attached hydrogens (tertiary/aromatic N) is 6. The molecule has 0 aliphatic carbocycles. The average Bonchev–Trinajstić information content (AvgIpc) is 2.70. The Bertz CT molecular complexity index is 847. The second-order valence-corrected chi connectivity index (χ2v) is 6.23. The number of hydrogen-bond acceptors (Lipinski definition) is 6. The lowest BCUT2D eigenvalue weighted by atomic mass is 10.2. The van der Waals surface area contributed by atoms with Gasteiger partial charge >= 0.3 is 0 Å². The van der Waals surface area contributed by atoms with Crippen LogP contribution in [0.1, 0.15) is 5.56 Å². The summed E-state index contributed by atoms with van der Waals surface area (Å²) in [6.07, 6.45) is 4.95. The summed E-state index contributed by atoms with van der Waals surface area (Å²) >= 11 is 0. The van der Waals surface area contributed by atoms with Gasteiger partial charge < -0.3 is 4.90 Å². The first-order valence-electron chi connectivity index (χ1n) is 8.59. The summed E-state index contributed by atoms with van der Waals surface area (Å²) in [7, 11) is 0. The van der Waals surface area contributed by atoms with Crippen molar-refractivity contribution in [2.75, 3.05) is 31.1 Å². The van der Waals surface area contributed by atoms with Crippen LogP contribution in [0.25, 0.3) is 11.4 Å². The predicted octanol–water partition coefficient (Wildman–Crippen LogP) is 2.39. The molecular weight excluding hydrogens is 331 g/mol. The van der Waals surface area contributed by atoms with Crippen molar-refractivity contribution >= 4 is 5.82 Å². The van der Waals surface area contributed by atoms with Gasteiger partial charge in [0.2, 0.25) is 5.95 Å². The Morgan fingerprint density at radius 1 is 0.885 bits per heavy atom. The molecule has 1 saturated heterocycles. The molecule has 4 rings (SSSR count). The zero-order valence-electron chi connectivity index (χ0n) is 14.3. The molecule has 1 aliphatic rings. The monoisotopic (exact) mass is 350 g/mol.